The van der Waals surface area contributed by atoms with Gasteiger partial charge < -0.3 is 14.6 Å². The van der Waals surface area contributed by atoms with Gasteiger partial charge in [-0.2, -0.15) is 0 Å². The third-order valence-corrected chi connectivity index (χ3v) is 7.89. The molecule has 0 unspecified atom stereocenters. The van der Waals surface area contributed by atoms with Crippen LogP contribution in [0, 0.1) is 0 Å². The standard InChI is InChI=1S/C22H20ClN3O2S2/c1-28-14-2-3-17-15(10-14)16(11-24-17)13-6-8-26(9-7-13)22(27)18-12-29-21(25-18)19-4-5-20(23)30-19/h2-5,10-13,24H,6-9H2,1H3. The van der Waals surface area contributed by atoms with Crippen molar-refractivity contribution in [1.82, 2.24) is 14.9 Å². The van der Waals surface area contributed by atoms with E-state index in [1.54, 1.807) is 7.11 Å². The maximum atomic E-state index is 13.0. The smallest absolute Gasteiger partial charge is 0.273 e. The van der Waals surface area contributed by atoms with Crippen molar-refractivity contribution >= 4 is 51.1 Å². The van der Waals surface area contributed by atoms with Gasteiger partial charge >= 0.3 is 0 Å². The van der Waals surface area contributed by atoms with Crippen molar-refractivity contribution in [3.63, 3.8) is 0 Å². The van der Waals surface area contributed by atoms with E-state index in [9.17, 15) is 4.79 Å². The second-order valence-electron chi connectivity index (χ2n) is 7.36. The number of likely N-dealkylation sites (tertiary alicyclic amines) is 1. The summed E-state index contributed by atoms with van der Waals surface area (Å²) in [5.74, 6) is 1.30. The van der Waals surface area contributed by atoms with E-state index in [2.05, 4.69) is 28.3 Å². The fraction of sp³-hybridized carbons (Fsp3) is 0.273. The van der Waals surface area contributed by atoms with E-state index in [4.69, 9.17) is 16.3 Å². The molecule has 1 fully saturated rings. The number of rotatable bonds is 4. The monoisotopic (exact) mass is 457 g/mol. The van der Waals surface area contributed by atoms with Crippen LogP contribution in [-0.4, -0.2) is 41.0 Å². The van der Waals surface area contributed by atoms with Crippen LogP contribution in [0.5, 0.6) is 5.75 Å². The number of ether oxygens (including phenoxy) is 1. The molecule has 4 heterocycles. The second kappa shape index (κ2) is 8.06. The van der Waals surface area contributed by atoms with E-state index < -0.39 is 0 Å². The van der Waals surface area contributed by atoms with E-state index in [0.717, 1.165) is 51.4 Å². The average molecular weight is 458 g/mol. The minimum absolute atomic E-state index is 0.0131. The number of carbonyl (C=O) groups excluding carboxylic acids is 1. The number of H-pyrrole nitrogens is 1. The van der Waals surface area contributed by atoms with Gasteiger partial charge in [-0.15, -0.1) is 22.7 Å². The molecule has 5 rings (SSSR count). The lowest BCUT2D eigenvalue weighted by Gasteiger charge is -2.31. The molecule has 1 saturated heterocycles. The molecule has 4 aromatic rings. The molecule has 3 aromatic heterocycles. The molecule has 1 aliphatic rings. The molecule has 0 atom stereocenters. The van der Waals surface area contributed by atoms with Crippen LogP contribution in [0.15, 0.2) is 41.9 Å². The number of thiazole rings is 1. The zero-order chi connectivity index (χ0) is 20.7. The lowest BCUT2D eigenvalue weighted by Crippen LogP contribution is -2.38. The van der Waals surface area contributed by atoms with Crippen molar-refractivity contribution in [1.29, 1.82) is 0 Å². The number of aromatic amines is 1. The van der Waals surface area contributed by atoms with Gasteiger partial charge in [0.05, 0.1) is 16.3 Å². The molecule has 0 spiro atoms. The third kappa shape index (κ3) is 3.62. The second-order valence-corrected chi connectivity index (χ2v) is 9.94. The van der Waals surface area contributed by atoms with Gasteiger partial charge in [0.1, 0.15) is 16.5 Å². The molecule has 0 aliphatic carbocycles. The Morgan fingerprint density at radius 1 is 1.27 bits per heavy atom. The highest BCUT2D eigenvalue weighted by Gasteiger charge is 2.27. The summed E-state index contributed by atoms with van der Waals surface area (Å²) >= 11 is 8.99. The number of hydrogen-bond donors (Lipinski definition) is 1. The van der Waals surface area contributed by atoms with Crippen molar-refractivity contribution in [3.8, 4) is 15.6 Å². The Bertz CT molecular complexity index is 1200. The van der Waals surface area contributed by atoms with Gasteiger partial charge in [-0.25, -0.2) is 4.98 Å². The summed E-state index contributed by atoms with van der Waals surface area (Å²) in [5, 5.41) is 3.90. The molecule has 1 aromatic carbocycles. The quantitative estimate of drug-likeness (QED) is 0.406. The van der Waals surface area contributed by atoms with Crippen LogP contribution in [0.2, 0.25) is 4.34 Å². The molecule has 0 bridgehead atoms. The molecule has 1 amide bonds. The Labute approximate surface area is 187 Å². The minimum Gasteiger partial charge on any atom is -0.497 e. The number of amides is 1. The molecule has 1 aliphatic heterocycles. The summed E-state index contributed by atoms with van der Waals surface area (Å²) in [4.78, 5) is 23.8. The minimum atomic E-state index is 0.0131. The van der Waals surface area contributed by atoms with Gasteiger partial charge in [0.25, 0.3) is 5.91 Å². The first-order valence-corrected chi connectivity index (χ1v) is 11.9. The Balaban J connectivity index is 1.28. The highest BCUT2D eigenvalue weighted by atomic mass is 35.5. The normalized spacial score (nSPS) is 15.1. The Hall–Kier alpha value is -2.35. The summed E-state index contributed by atoms with van der Waals surface area (Å²) in [6.45, 7) is 1.47. The van der Waals surface area contributed by atoms with E-state index in [1.165, 1.54) is 33.6 Å². The SMILES string of the molecule is COc1ccc2[nH]cc(C3CCN(C(=O)c4csc(-c5ccc(Cl)s5)n4)CC3)c2c1. The summed E-state index contributed by atoms with van der Waals surface area (Å²) < 4.78 is 6.11. The van der Waals surface area contributed by atoms with Crippen molar-refractivity contribution in [2.45, 2.75) is 18.8 Å². The van der Waals surface area contributed by atoms with E-state index in [-0.39, 0.29) is 5.91 Å². The lowest BCUT2D eigenvalue weighted by molar-refractivity contribution is 0.0708. The number of hydrogen-bond acceptors (Lipinski definition) is 5. The number of nitrogens with zero attached hydrogens (tertiary/aromatic N) is 2. The zero-order valence-corrected chi connectivity index (χ0v) is 18.7. The van der Waals surface area contributed by atoms with Crippen LogP contribution in [0.1, 0.15) is 34.8 Å². The number of fused-ring (bicyclic) bond motifs is 1. The molecule has 8 heteroatoms. The Morgan fingerprint density at radius 3 is 2.83 bits per heavy atom. The van der Waals surface area contributed by atoms with Gasteiger partial charge in [0.2, 0.25) is 0 Å². The molecule has 5 nitrogen and oxygen atoms in total. The van der Waals surface area contributed by atoms with Crippen LogP contribution in [0.25, 0.3) is 20.8 Å². The van der Waals surface area contributed by atoms with E-state index >= 15 is 0 Å². The first-order chi connectivity index (χ1) is 14.6. The fourth-order valence-electron chi connectivity index (χ4n) is 4.06. The van der Waals surface area contributed by atoms with Crippen LogP contribution < -0.4 is 4.74 Å². The number of piperidine rings is 1. The van der Waals surface area contributed by atoms with Crippen molar-refractivity contribution < 1.29 is 9.53 Å². The van der Waals surface area contributed by atoms with Gasteiger partial charge in [0, 0.05) is 35.6 Å². The van der Waals surface area contributed by atoms with Crippen molar-refractivity contribution in [2.75, 3.05) is 20.2 Å². The van der Waals surface area contributed by atoms with Crippen LogP contribution in [0.4, 0.5) is 0 Å². The van der Waals surface area contributed by atoms with E-state index in [0.29, 0.717) is 11.6 Å². The summed E-state index contributed by atoms with van der Waals surface area (Å²) in [7, 11) is 1.69. The zero-order valence-electron chi connectivity index (χ0n) is 16.4. The Kier molecular flexibility index (Phi) is 5.26. The summed E-state index contributed by atoms with van der Waals surface area (Å²) in [5.41, 5.74) is 2.95. The molecular weight excluding hydrogens is 438 g/mol. The number of thiophene rings is 1. The van der Waals surface area contributed by atoms with Crippen LogP contribution in [0.3, 0.4) is 0 Å². The maximum absolute atomic E-state index is 13.0. The topological polar surface area (TPSA) is 58.2 Å². The molecule has 0 radical (unpaired) electrons. The fourth-order valence-corrected chi connectivity index (χ4v) is 5.96. The van der Waals surface area contributed by atoms with Crippen LogP contribution >= 0.6 is 34.3 Å². The van der Waals surface area contributed by atoms with Crippen molar-refractivity contribution in [2.24, 2.45) is 0 Å². The van der Waals surface area contributed by atoms with Gasteiger partial charge in [-0.05, 0) is 54.7 Å². The number of nitrogens with one attached hydrogen (secondary N) is 1. The number of methoxy groups -OCH3 is 1. The van der Waals surface area contributed by atoms with Crippen LogP contribution in [-0.2, 0) is 0 Å². The number of halogens is 1. The lowest BCUT2D eigenvalue weighted by atomic mass is 9.89. The van der Waals surface area contributed by atoms with Gasteiger partial charge in [0.15, 0.2) is 0 Å². The maximum Gasteiger partial charge on any atom is 0.273 e. The largest absolute Gasteiger partial charge is 0.497 e. The molecule has 0 saturated carbocycles. The highest BCUT2D eigenvalue weighted by Crippen LogP contribution is 2.36. The molecular formula is C22H20ClN3O2S2. The highest BCUT2D eigenvalue weighted by molar-refractivity contribution is 7.23. The third-order valence-electron chi connectivity index (χ3n) is 5.65. The molecule has 154 valence electrons. The average Bonchev–Trinajstić information content (AvgIpc) is 3.52. The number of carbonyl (C=O) groups is 1. The number of benzene rings is 1. The van der Waals surface area contributed by atoms with E-state index in [1.807, 2.05) is 28.5 Å². The summed E-state index contributed by atoms with van der Waals surface area (Å²) in [6.07, 6.45) is 3.98. The predicted molar refractivity (Wildman–Crippen MR) is 123 cm³/mol. The first-order valence-electron chi connectivity index (χ1n) is 9.78. The molecule has 1 N–H and O–H groups in total. The Morgan fingerprint density at radius 2 is 2.10 bits per heavy atom. The molecule has 30 heavy (non-hydrogen) atoms. The van der Waals surface area contributed by atoms with Gasteiger partial charge in [-0.3, -0.25) is 4.79 Å². The summed E-state index contributed by atoms with van der Waals surface area (Å²) in [6, 6.07) is 9.91. The van der Waals surface area contributed by atoms with Crippen molar-refractivity contribution in [3.05, 3.63) is 57.5 Å². The number of aromatic nitrogens is 2. The predicted octanol–water partition coefficient (Wildman–Crippen LogP) is 6.03. The van der Waals surface area contributed by atoms with Gasteiger partial charge in [-0.1, -0.05) is 11.6 Å². The first kappa shape index (κ1) is 19.6.